The Morgan fingerprint density at radius 2 is 1.49 bits per heavy atom. The molecule has 0 spiro atoms. The first-order valence-electron chi connectivity index (χ1n) is 13.8. The van der Waals surface area contributed by atoms with E-state index in [4.69, 9.17) is 14.2 Å². The zero-order valence-corrected chi connectivity index (χ0v) is 29.0. The Bertz CT molecular complexity index is 1320. The fourth-order valence-corrected chi connectivity index (χ4v) is 7.95. The first-order valence-corrected chi connectivity index (χ1v) is 18.1. The molecule has 0 atom stereocenters. The second-order valence-electron chi connectivity index (χ2n) is 12.2. The molecule has 3 rings (SSSR count). The number of ether oxygens (including phenoxy) is 3. The van der Waals surface area contributed by atoms with Gasteiger partial charge in [-0.05, 0) is 0 Å². The van der Waals surface area contributed by atoms with Crippen LogP contribution in [0.1, 0.15) is 47.1 Å². The molecule has 0 bridgehead atoms. The Balaban J connectivity index is 2.06. The van der Waals surface area contributed by atoms with Crippen LogP contribution in [-0.4, -0.2) is 94.5 Å². The van der Waals surface area contributed by atoms with Crippen LogP contribution in [0, 0.1) is 7.14 Å². The zero-order valence-electron chi connectivity index (χ0n) is 26.8. The van der Waals surface area contributed by atoms with Gasteiger partial charge >= 0.3 is 263 Å². The number of nitrogens with zero attached hydrogens (tertiary/aromatic N) is 5. The zero-order chi connectivity index (χ0) is 32.1. The molecule has 1 fully saturated rings. The van der Waals surface area contributed by atoms with Crippen molar-refractivity contribution in [3.05, 3.63) is 61.2 Å². The number of urea groups is 1. The van der Waals surface area contributed by atoms with Crippen molar-refractivity contribution in [3.8, 4) is 5.75 Å². The molecule has 1 heterocycles. The van der Waals surface area contributed by atoms with Crippen molar-refractivity contribution in [1.29, 1.82) is 0 Å². The topological polar surface area (TPSA) is 104 Å². The van der Waals surface area contributed by atoms with Crippen molar-refractivity contribution in [3.63, 3.8) is 0 Å². The summed E-state index contributed by atoms with van der Waals surface area (Å²) in [4.78, 5) is 51.9. The molecule has 0 aromatic heterocycles. The first kappa shape index (κ1) is 33.9. The SMILES string of the molecule is COc1ccc(I(C)c2cccc(CN(C(=O)OC(C)(C)C)C(=NC(=O)OC(C)(C)C)N3CN(C)C(=O)N(C)C3)c2)cc1. The van der Waals surface area contributed by atoms with E-state index < -0.39 is 43.2 Å². The standard InChI is InChI=1S/C31H44IN5O6/c1-30(2,3)42-27(38)33-26(36-20-34(8)28(39)35(9)21-36)37(29(40)43-31(4,5)6)19-22-12-11-13-24(18-22)32(7)23-14-16-25(41-10)17-15-23/h11-18H,19-21H2,1-10H3. The Kier molecular flexibility index (Phi) is 10.9. The molecule has 0 saturated carbocycles. The van der Waals surface area contributed by atoms with Crippen LogP contribution in [0.5, 0.6) is 5.75 Å². The van der Waals surface area contributed by atoms with Gasteiger partial charge < -0.3 is 0 Å². The summed E-state index contributed by atoms with van der Waals surface area (Å²) in [6, 6.07) is 16.0. The molecule has 43 heavy (non-hydrogen) atoms. The van der Waals surface area contributed by atoms with Crippen LogP contribution in [0.15, 0.2) is 53.5 Å². The third kappa shape index (κ3) is 9.73. The molecule has 0 aliphatic carbocycles. The summed E-state index contributed by atoms with van der Waals surface area (Å²) >= 11 is -1.77. The van der Waals surface area contributed by atoms with Crippen molar-refractivity contribution in [2.45, 2.75) is 59.3 Å². The molecule has 236 valence electrons. The van der Waals surface area contributed by atoms with Gasteiger partial charge in [0.05, 0.1) is 0 Å². The second kappa shape index (κ2) is 13.8. The van der Waals surface area contributed by atoms with E-state index >= 15 is 0 Å². The molecular formula is C31H44IN5O6. The minimum absolute atomic E-state index is 0.0297. The number of methoxy groups -OCH3 is 1. The van der Waals surface area contributed by atoms with Crippen LogP contribution in [0.2, 0.25) is 0 Å². The van der Waals surface area contributed by atoms with Gasteiger partial charge in [0, 0.05) is 0 Å². The van der Waals surface area contributed by atoms with Crippen molar-refractivity contribution in [2.24, 2.45) is 4.99 Å². The number of halogens is 1. The summed E-state index contributed by atoms with van der Waals surface area (Å²) in [5, 5.41) is 0. The van der Waals surface area contributed by atoms with Gasteiger partial charge in [0.25, 0.3) is 0 Å². The molecule has 11 nitrogen and oxygen atoms in total. The number of hydrogen-bond acceptors (Lipinski definition) is 6. The van der Waals surface area contributed by atoms with Gasteiger partial charge in [-0.2, -0.15) is 0 Å². The fraction of sp³-hybridized carbons (Fsp3) is 0.484. The number of amides is 4. The normalized spacial score (nSPS) is 14.8. The number of benzene rings is 2. The molecule has 0 unspecified atom stereocenters. The van der Waals surface area contributed by atoms with E-state index in [-0.39, 0.29) is 31.9 Å². The van der Waals surface area contributed by atoms with Gasteiger partial charge in [0.1, 0.15) is 0 Å². The van der Waals surface area contributed by atoms with Gasteiger partial charge in [-0.1, -0.05) is 0 Å². The monoisotopic (exact) mass is 709 g/mol. The van der Waals surface area contributed by atoms with Crippen LogP contribution < -0.4 is 4.74 Å². The van der Waals surface area contributed by atoms with Crippen LogP contribution in [0.4, 0.5) is 14.4 Å². The quantitative estimate of drug-likeness (QED) is 0.160. The first-order chi connectivity index (χ1) is 20.0. The predicted octanol–water partition coefficient (Wildman–Crippen LogP) is 6.11. The third-order valence-corrected chi connectivity index (χ3v) is 11.2. The van der Waals surface area contributed by atoms with Crippen molar-refractivity contribution in [2.75, 3.05) is 39.5 Å². The number of hydrogen-bond donors (Lipinski definition) is 0. The average Bonchev–Trinajstić information content (AvgIpc) is 2.91. The van der Waals surface area contributed by atoms with Gasteiger partial charge in [0.2, 0.25) is 0 Å². The fourth-order valence-electron chi connectivity index (χ4n) is 4.18. The molecule has 1 saturated heterocycles. The van der Waals surface area contributed by atoms with Gasteiger partial charge in [-0.3, -0.25) is 0 Å². The predicted molar refractivity (Wildman–Crippen MR) is 175 cm³/mol. The molecule has 0 N–H and O–H groups in total. The van der Waals surface area contributed by atoms with Gasteiger partial charge in [-0.15, -0.1) is 0 Å². The number of rotatable bonds is 5. The summed E-state index contributed by atoms with van der Waals surface area (Å²) in [6.45, 7) is 10.8. The summed E-state index contributed by atoms with van der Waals surface area (Å²) in [6.07, 6.45) is -1.53. The number of alkyl halides is 1. The van der Waals surface area contributed by atoms with E-state index in [0.717, 1.165) is 11.3 Å². The number of aliphatic imine (C=N–C) groups is 1. The summed E-state index contributed by atoms with van der Waals surface area (Å²) in [5.41, 5.74) is -0.769. The maximum atomic E-state index is 13.8. The van der Waals surface area contributed by atoms with E-state index in [0.29, 0.717) is 0 Å². The summed E-state index contributed by atoms with van der Waals surface area (Å²) < 4.78 is 19.1. The van der Waals surface area contributed by atoms with Crippen LogP contribution >= 0.6 is 19.8 Å². The van der Waals surface area contributed by atoms with Crippen molar-refractivity contribution < 1.29 is 28.6 Å². The molecule has 0 radical (unpaired) electrons. The maximum absolute atomic E-state index is 13.8. The molecule has 1 aliphatic heterocycles. The number of carbonyl (C=O) groups excluding carboxylic acids is 3. The Labute approximate surface area is 262 Å². The third-order valence-electron chi connectivity index (χ3n) is 6.08. The Morgan fingerprint density at radius 1 is 0.907 bits per heavy atom. The van der Waals surface area contributed by atoms with E-state index in [2.05, 4.69) is 34.2 Å². The number of guanidine groups is 1. The number of carbonyl (C=O) groups is 3. The van der Waals surface area contributed by atoms with E-state index in [1.807, 2.05) is 24.3 Å². The minimum atomic E-state index is -1.77. The Hall–Kier alpha value is -3.55. The van der Waals surface area contributed by atoms with Gasteiger partial charge in [-0.25, -0.2) is 0 Å². The molecule has 2 aromatic rings. The van der Waals surface area contributed by atoms with Gasteiger partial charge in [0.15, 0.2) is 0 Å². The van der Waals surface area contributed by atoms with E-state index in [9.17, 15) is 14.4 Å². The van der Waals surface area contributed by atoms with E-state index in [1.165, 1.54) is 21.8 Å². The molecule has 1 aliphatic rings. The van der Waals surface area contributed by atoms with E-state index in [1.54, 1.807) is 67.6 Å². The molecule has 2 aromatic carbocycles. The van der Waals surface area contributed by atoms with Crippen molar-refractivity contribution in [1.82, 2.24) is 19.6 Å². The Morgan fingerprint density at radius 3 is 2.02 bits per heavy atom. The van der Waals surface area contributed by atoms with Crippen LogP contribution in [0.25, 0.3) is 0 Å². The summed E-state index contributed by atoms with van der Waals surface area (Å²) in [5.74, 6) is 0.837. The van der Waals surface area contributed by atoms with Crippen LogP contribution in [-0.2, 0) is 16.0 Å². The average molecular weight is 710 g/mol. The molecule has 4 amide bonds. The van der Waals surface area contributed by atoms with Crippen molar-refractivity contribution >= 4 is 44.0 Å². The molecular weight excluding hydrogens is 665 g/mol. The second-order valence-corrected chi connectivity index (χ2v) is 17.4. The summed E-state index contributed by atoms with van der Waals surface area (Å²) in [7, 11) is 4.93. The van der Waals surface area contributed by atoms with Crippen LogP contribution in [0.3, 0.4) is 0 Å². The molecule has 12 heteroatoms.